The van der Waals surface area contributed by atoms with Crippen molar-refractivity contribution in [1.29, 1.82) is 0 Å². The van der Waals surface area contributed by atoms with E-state index in [4.69, 9.17) is 29.9 Å². The number of aromatic nitrogens is 10. The molecule has 0 bridgehead atoms. The summed E-state index contributed by atoms with van der Waals surface area (Å²) in [6.45, 7) is 0. The Balaban J connectivity index is 0.649. The fourth-order valence-electron chi connectivity index (χ4n) is 15.1. The molecule has 6 aromatic heterocycles. The van der Waals surface area contributed by atoms with Crippen LogP contribution >= 0.6 is 0 Å². The van der Waals surface area contributed by atoms with Gasteiger partial charge in [0, 0.05) is 99.2 Å². The number of fused-ring (bicyclic) bond motifs is 12. The first kappa shape index (κ1) is 56.6. The van der Waals surface area contributed by atoms with E-state index in [1.807, 2.05) is 78.9 Å². The van der Waals surface area contributed by atoms with Crippen molar-refractivity contribution in [3.63, 3.8) is 0 Å². The molecule has 20 aromatic rings. The highest BCUT2D eigenvalue weighted by atomic mass is 15.1. The highest BCUT2D eigenvalue weighted by Crippen LogP contribution is 2.42. The van der Waals surface area contributed by atoms with Crippen molar-refractivity contribution in [2.45, 2.75) is 0 Å². The summed E-state index contributed by atoms with van der Waals surface area (Å²) in [6.07, 6.45) is 0. The summed E-state index contributed by atoms with van der Waals surface area (Å²) in [7, 11) is 0. The molecule has 0 N–H and O–H groups in total. The van der Waals surface area contributed by atoms with Crippen molar-refractivity contribution < 1.29 is 0 Å². The minimum Gasteiger partial charge on any atom is -0.309 e. The van der Waals surface area contributed by atoms with E-state index in [-0.39, 0.29) is 0 Å². The summed E-state index contributed by atoms with van der Waals surface area (Å²) < 4.78 is 9.52. The molecule has 6 heterocycles. The third-order valence-corrected chi connectivity index (χ3v) is 19.6. The first-order valence-corrected chi connectivity index (χ1v) is 33.7. The van der Waals surface area contributed by atoms with Crippen LogP contribution < -0.4 is 0 Å². The third-order valence-electron chi connectivity index (χ3n) is 19.6. The molecule has 0 aliphatic rings. The van der Waals surface area contributed by atoms with Crippen LogP contribution in [0.25, 0.3) is 189 Å². The summed E-state index contributed by atoms with van der Waals surface area (Å²) in [5.41, 5.74) is 20.9. The maximum absolute atomic E-state index is 5.35. The van der Waals surface area contributed by atoms with Crippen molar-refractivity contribution in [1.82, 2.24) is 48.2 Å². The lowest BCUT2D eigenvalue weighted by Crippen LogP contribution is -2.01. The molecule has 0 fully saturated rings. The molecule has 0 saturated carbocycles. The van der Waals surface area contributed by atoms with E-state index in [0.717, 1.165) is 111 Å². The van der Waals surface area contributed by atoms with Gasteiger partial charge in [0.15, 0.2) is 34.9 Å². The zero-order chi connectivity index (χ0) is 65.8. The largest absolute Gasteiger partial charge is 0.309 e. The van der Waals surface area contributed by atoms with Gasteiger partial charge in [-0.3, -0.25) is 0 Å². The minimum absolute atomic E-state index is 0.588. The second-order valence-electron chi connectivity index (χ2n) is 25.5. The number of nitrogens with zero attached hydrogens (tertiary/aromatic N) is 10. The van der Waals surface area contributed by atoms with E-state index in [1.165, 1.54) is 43.4 Å². The van der Waals surface area contributed by atoms with Gasteiger partial charge in [-0.2, -0.15) is 0 Å². The van der Waals surface area contributed by atoms with Crippen molar-refractivity contribution in [2.24, 2.45) is 0 Å². The van der Waals surface area contributed by atoms with E-state index in [2.05, 4.69) is 279 Å². The van der Waals surface area contributed by atoms with Crippen LogP contribution in [0.3, 0.4) is 0 Å². The summed E-state index contributed by atoms with van der Waals surface area (Å²) in [6, 6.07) is 120. The van der Waals surface area contributed by atoms with E-state index in [9.17, 15) is 0 Å². The van der Waals surface area contributed by atoms with Gasteiger partial charge < -0.3 is 18.3 Å². The van der Waals surface area contributed by atoms with Gasteiger partial charge >= 0.3 is 0 Å². The maximum Gasteiger partial charge on any atom is 0.164 e. The lowest BCUT2D eigenvalue weighted by atomic mass is 10.0. The van der Waals surface area contributed by atoms with Gasteiger partial charge in [0.25, 0.3) is 0 Å². The fraction of sp³-hybridized carbons (Fsp3) is 0. The molecule has 0 amide bonds. The first-order valence-electron chi connectivity index (χ1n) is 33.7. The quantitative estimate of drug-likeness (QED) is 0.128. The molecule has 0 unspecified atom stereocenters. The summed E-state index contributed by atoms with van der Waals surface area (Å²) in [5.74, 6) is 3.66. The van der Waals surface area contributed by atoms with Crippen molar-refractivity contribution in [3.8, 4) is 102 Å². The Bertz CT molecular complexity index is 6530. The van der Waals surface area contributed by atoms with Crippen LogP contribution in [-0.4, -0.2) is 48.2 Å². The molecule has 466 valence electrons. The third kappa shape index (κ3) is 9.34. The minimum atomic E-state index is 0.588. The monoisotopic (exact) mass is 1280 g/mol. The van der Waals surface area contributed by atoms with Gasteiger partial charge in [-0.15, -0.1) is 0 Å². The van der Waals surface area contributed by atoms with Crippen molar-refractivity contribution >= 4 is 87.2 Å². The Labute approximate surface area is 574 Å². The molecule has 0 spiro atoms. The molecule has 0 atom stereocenters. The molecule has 14 aromatic carbocycles. The average Bonchev–Trinajstić information content (AvgIpc) is 1.60. The summed E-state index contributed by atoms with van der Waals surface area (Å²) in [5, 5.41) is 9.49. The first-order chi connectivity index (χ1) is 49.6. The molecule has 0 aliphatic carbocycles. The van der Waals surface area contributed by atoms with Crippen LogP contribution in [0.2, 0.25) is 0 Å². The molecular formula is C90H56N10. The molecule has 0 aliphatic heterocycles. The number of hydrogen-bond donors (Lipinski definition) is 0. The lowest BCUT2D eigenvalue weighted by molar-refractivity contribution is 1.07. The number of hydrogen-bond acceptors (Lipinski definition) is 6. The molecule has 0 saturated heterocycles. The smallest absolute Gasteiger partial charge is 0.164 e. The number of benzene rings is 14. The molecule has 10 nitrogen and oxygen atoms in total. The lowest BCUT2D eigenvalue weighted by Gasteiger charge is -2.13. The summed E-state index contributed by atoms with van der Waals surface area (Å²) in [4.78, 5) is 30.8. The average molecular weight is 1280 g/mol. The Morgan fingerprint density at radius 2 is 0.390 bits per heavy atom. The zero-order valence-corrected chi connectivity index (χ0v) is 53.8. The highest BCUT2D eigenvalue weighted by Gasteiger charge is 2.22. The van der Waals surface area contributed by atoms with Crippen LogP contribution in [-0.2, 0) is 0 Å². The predicted octanol–water partition coefficient (Wildman–Crippen LogP) is 22.1. The molecule has 10 heteroatoms. The van der Waals surface area contributed by atoms with Crippen molar-refractivity contribution in [2.75, 3.05) is 0 Å². The topological polar surface area (TPSA) is 97.1 Å². The van der Waals surface area contributed by atoms with Gasteiger partial charge in [0.1, 0.15) is 0 Å². The number of para-hydroxylation sites is 5. The standard InChI is InChI=1S/C90H56N10/c1-4-22-57(23-5-1)85-91-86(58-24-6-2-7-25-58)93-88(92-85)60-42-45-65(46-43-60)97-79-39-17-13-35-72(79)75-56-68(47-50-83(75)97)100-80-40-18-12-34-71(80)74-54-62(44-49-82(74)100)61-28-20-29-63(52-61)89-94-87(59-26-8-3-9-27-59)95-90(96-89)64-30-21-31-66(53-64)98-81-41-19-14-36-73(81)76-55-67(48-51-84(76)98)99-77-37-15-10-32-69(77)70-33-11-16-38-78(70)99/h1-56H. The van der Waals surface area contributed by atoms with Gasteiger partial charge in [0.2, 0.25) is 0 Å². The van der Waals surface area contributed by atoms with Gasteiger partial charge in [0.05, 0.1) is 44.1 Å². The Morgan fingerprint density at radius 1 is 0.140 bits per heavy atom. The van der Waals surface area contributed by atoms with Gasteiger partial charge in [-0.25, -0.2) is 29.9 Å². The highest BCUT2D eigenvalue weighted by molar-refractivity contribution is 6.15. The molecule has 100 heavy (non-hydrogen) atoms. The fourth-order valence-corrected chi connectivity index (χ4v) is 15.1. The van der Waals surface area contributed by atoms with E-state index in [0.29, 0.717) is 34.9 Å². The normalized spacial score (nSPS) is 11.8. The Kier molecular flexibility index (Phi) is 13.0. The van der Waals surface area contributed by atoms with Crippen LogP contribution in [0.15, 0.2) is 340 Å². The van der Waals surface area contributed by atoms with E-state index >= 15 is 0 Å². The Hall–Kier alpha value is -13.7. The maximum atomic E-state index is 5.35. The van der Waals surface area contributed by atoms with Crippen molar-refractivity contribution in [3.05, 3.63) is 340 Å². The Morgan fingerprint density at radius 3 is 0.810 bits per heavy atom. The molecule has 0 radical (unpaired) electrons. The SMILES string of the molecule is c1ccc(-c2nc(-c3ccccc3)nc(-c3ccc(-n4c5ccccc5c5cc(-n6c7ccccc7c7cc(-c8cccc(-c9nc(-c%10ccccc%10)nc(-c%10cccc(-n%11c%12ccccc%12c%12cc(-n%13c%14ccccc%14c%14ccccc%14%13)ccc%12%11)c%10)n9)c8)ccc76)ccc54)cc3)n2)cc1. The molecular weight excluding hydrogens is 1220 g/mol. The second kappa shape index (κ2) is 23.0. The van der Waals surface area contributed by atoms with E-state index < -0.39 is 0 Å². The van der Waals surface area contributed by atoms with Gasteiger partial charge in [-0.1, -0.05) is 218 Å². The van der Waals surface area contributed by atoms with Crippen LogP contribution in [0.5, 0.6) is 0 Å². The van der Waals surface area contributed by atoms with Crippen LogP contribution in [0.1, 0.15) is 0 Å². The van der Waals surface area contributed by atoms with Gasteiger partial charge in [-0.05, 0) is 132 Å². The second-order valence-corrected chi connectivity index (χ2v) is 25.5. The molecule has 20 rings (SSSR count). The predicted molar refractivity (Wildman–Crippen MR) is 409 cm³/mol. The number of rotatable bonds is 11. The van der Waals surface area contributed by atoms with E-state index in [1.54, 1.807) is 0 Å². The zero-order valence-electron chi connectivity index (χ0n) is 53.8. The van der Waals surface area contributed by atoms with Crippen LogP contribution in [0, 0.1) is 0 Å². The van der Waals surface area contributed by atoms with Crippen LogP contribution in [0.4, 0.5) is 0 Å². The summed E-state index contributed by atoms with van der Waals surface area (Å²) >= 11 is 0.